The maximum Gasteiger partial charge on any atom is 0.322 e. The standard InChI is InChI=1S/C9H17NO2/c1-7(10)9(11)12-8-5-3-2-4-6-8/h7-8H,2-6,10H2,1H3. The van der Waals surface area contributed by atoms with Gasteiger partial charge in [0.05, 0.1) is 0 Å². The first-order valence-corrected chi connectivity index (χ1v) is 4.66. The van der Waals surface area contributed by atoms with E-state index in [9.17, 15) is 4.79 Å². The van der Waals surface area contributed by atoms with Crippen molar-refractivity contribution in [1.29, 1.82) is 0 Å². The molecule has 1 aliphatic carbocycles. The molecular weight excluding hydrogens is 154 g/mol. The lowest BCUT2D eigenvalue weighted by Gasteiger charge is -2.22. The van der Waals surface area contributed by atoms with Gasteiger partial charge in [0.1, 0.15) is 12.1 Å². The number of esters is 1. The van der Waals surface area contributed by atoms with Gasteiger partial charge in [-0.15, -0.1) is 0 Å². The van der Waals surface area contributed by atoms with Crippen LogP contribution in [0.4, 0.5) is 0 Å². The average Bonchev–Trinajstić information content (AvgIpc) is 2.06. The first kappa shape index (κ1) is 9.52. The van der Waals surface area contributed by atoms with Gasteiger partial charge >= 0.3 is 5.97 Å². The Morgan fingerprint density at radius 1 is 1.42 bits per heavy atom. The van der Waals surface area contributed by atoms with Crippen LogP contribution in [-0.4, -0.2) is 18.1 Å². The number of ether oxygens (including phenoxy) is 1. The summed E-state index contributed by atoms with van der Waals surface area (Å²) in [6.07, 6.45) is 5.79. The topological polar surface area (TPSA) is 52.3 Å². The van der Waals surface area contributed by atoms with Gasteiger partial charge in [0, 0.05) is 0 Å². The lowest BCUT2D eigenvalue weighted by Crippen LogP contribution is -2.32. The summed E-state index contributed by atoms with van der Waals surface area (Å²) in [6.45, 7) is 1.66. The molecule has 0 amide bonds. The van der Waals surface area contributed by atoms with E-state index in [-0.39, 0.29) is 12.1 Å². The highest BCUT2D eigenvalue weighted by Crippen LogP contribution is 2.20. The van der Waals surface area contributed by atoms with Gasteiger partial charge in [-0.05, 0) is 32.6 Å². The van der Waals surface area contributed by atoms with Crippen molar-refractivity contribution < 1.29 is 9.53 Å². The Kier molecular flexibility index (Phi) is 3.53. The third-order valence-electron chi connectivity index (χ3n) is 2.21. The highest BCUT2D eigenvalue weighted by molar-refractivity contribution is 5.75. The highest BCUT2D eigenvalue weighted by Gasteiger charge is 2.19. The molecular formula is C9H17NO2. The van der Waals surface area contributed by atoms with Gasteiger partial charge < -0.3 is 10.5 Å². The summed E-state index contributed by atoms with van der Waals surface area (Å²) < 4.78 is 5.19. The number of hydrogen-bond donors (Lipinski definition) is 1. The molecule has 1 fully saturated rings. The lowest BCUT2D eigenvalue weighted by molar-refractivity contribution is -0.151. The van der Waals surface area contributed by atoms with Gasteiger partial charge in [0.2, 0.25) is 0 Å². The minimum Gasteiger partial charge on any atom is -0.461 e. The van der Waals surface area contributed by atoms with Gasteiger partial charge in [0.15, 0.2) is 0 Å². The summed E-state index contributed by atoms with van der Waals surface area (Å²) in [5.74, 6) is -0.262. The quantitative estimate of drug-likeness (QED) is 0.635. The molecule has 2 N–H and O–H groups in total. The SMILES string of the molecule is CC(N)C(=O)OC1CCCCC1. The Morgan fingerprint density at radius 3 is 2.50 bits per heavy atom. The smallest absolute Gasteiger partial charge is 0.322 e. The predicted molar refractivity (Wildman–Crippen MR) is 46.6 cm³/mol. The Labute approximate surface area is 73.3 Å². The van der Waals surface area contributed by atoms with Gasteiger partial charge in [-0.3, -0.25) is 4.79 Å². The van der Waals surface area contributed by atoms with Crippen LogP contribution in [0.3, 0.4) is 0 Å². The third kappa shape index (κ3) is 2.81. The zero-order valence-electron chi connectivity index (χ0n) is 7.58. The molecule has 0 aliphatic heterocycles. The molecule has 0 heterocycles. The van der Waals surface area contributed by atoms with E-state index < -0.39 is 6.04 Å². The van der Waals surface area contributed by atoms with Crippen LogP contribution in [0.15, 0.2) is 0 Å². The van der Waals surface area contributed by atoms with Crippen molar-refractivity contribution in [2.45, 2.75) is 51.2 Å². The monoisotopic (exact) mass is 171 g/mol. The summed E-state index contributed by atoms with van der Waals surface area (Å²) in [5, 5.41) is 0. The Morgan fingerprint density at radius 2 is 2.00 bits per heavy atom. The summed E-state index contributed by atoms with van der Waals surface area (Å²) in [5.41, 5.74) is 5.38. The highest BCUT2D eigenvalue weighted by atomic mass is 16.5. The van der Waals surface area contributed by atoms with Crippen molar-refractivity contribution in [1.82, 2.24) is 0 Å². The van der Waals surface area contributed by atoms with Crippen molar-refractivity contribution in [3.05, 3.63) is 0 Å². The van der Waals surface area contributed by atoms with E-state index in [0.717, 1.165) is 12.8 Å². The maximum absolute atomic E-state index is 11.1. The van der Waals surface area contributed by atoms with E-state index in [1.54, 1.807) is 6.92 Å². The fourth-order valence-corrected chi connectivity index (χ4v) is 1.45. The van der Waals surface area contributed by atoms with Crippen LogP contribution in [0.2, 0.25) is 0 Å². The minimum atomic E-state index is -0.480. The molecule has 1 unspecified atom stereocenters. The first-order valence-electron chi connectivity index (χ1n) is 4.66. The molecule has 0 spiro atoms. The summed E-state index contributed by atoms with van der Waals surface area (Å²) in [6, 6.07) is -0.480. The van der Waals surface area contributed by atoms with Crippen LogP contribution >= 0.6 is 0 Å². The molecule has 3 nitrogen and oxygen atoms in total. The Balaban J connectivity index is 2.24. The second-order valence-electron chi connectivity index (χ2n) is 3.49. The van der Waals surface area contributed by atoms with Gasteiger partial charge in [-0.25, -0.2) is 0 Å². The van der Waals surface area contributed by atoms with E-state index >= 15 is 0 Å². The molecule has 0 bridgehead atoms. The molecule has 0 aromatic heterocycles. The molecule has 3 heteroatoms. The third-order valence-corrected chi connectivity index (χ3v) is 2.21. The average molecular weight is 171 g/mol. The molecule has 0 aromatic rings. The molecule has 0 radical (unpaired) electrons. The van der Waals surface area contributed by atoms with Crippen molar-refractivity contribution >= 4 is 5.97 Å². The van der Waals surface area contributed by atoms with E-state index in [2.05, 4.69) is 0 Å². The van der Waals surface area contributed by atoms with Gasteiger partial charge in [-0.2, -0.15) is 0 Å². The molecule has 1 rings (SSSR count). The minimum absolute atomic E-state index is 0.136. The molecule has 12 heavy (non-hydrogen) atoms. The van der Waals surface area contributed by atoms with Crippen LogP contribution in [0.5, 0.6) is 0 Å². The van der Waals surface area contributed by atoms with E-state index in [1.165, 1.54) is 19.3 Å². The number of rotatable bonds is 2. The van der Waals surface area contributed by atoms with Gasteiger partial charge in [0.25, 0.3) is 0 Å². The normalized spacial score (nSPS) is 21.8. The zero-order chi connectivity index (χ0) is 8.97. The van der Waals surface area contributed by atoms with Crippen LogP contribution in [-0.2, 0) is 9.53 Å². The van der Waals surface area contributed by atoms with Crippen molar-refractivity contribution in [2.24, 2.45) is 5.73 Å². The molecule has 1 atom stereocenters. The van der Waals surface area contributed by atoms with E-state index in [1.807, 2.05) is 0 Å². The second kappa shape index (κ2) is 4.45. The molecule has 1 saturated carbocycles. The fraction of sp³-hybridized carbons (Fsp3) is 0.889. The Bertz CT molecular complexity index is 151. The van der Waals surface area contributed by atoms with Gasteiger partial charge in [-0.1, -0.05) is 6.42 Å². The van der Waals surface area contributed by atoms with E-state index in [4.69, 9.17) is 10.5 Å². The summed E-state index contributed by atoms with van der Waals surface area (Å²) in [4.78, 5) is 11.1. The summed E-state index contributed by atoms with van der Waals surface area (Å²) >= 11 is 0. The molecule has 0 aromatic carbocycles. The number of carbonyl (C=O) groups is 1. The van der Waals surface area contributed by atoms with Crippen molar-refractivity contribution in [2.75, 3.05) is 0 Å². The largest absolute Gasteiger partial charge is 0.461 e. The van der Waals surface area contributed by atoms with Crippen LogP contribution in [0.1, 0.15) is 39.0 Å². The number of carbonyl (C=O) groups excluding carboxylic acids is 1. The fourth-order valence-electron chi connectivity index (χ4n) is 1.45. The first-order chi connectivity index (χ1) is 5.70. The van der Waals surface area contributed by atoms with Crippen LogP contribution < -0.4 is 5.73 Å². The van der Waals surface area contributed by atoms with Crippen LogP contribution in [0, 0.1) is 0 Å². The van der Waals surface area contributed by atoms with Crippen LogP contribution in [0.25, 0.3) is 0 Å². The zero-order valence-corrected chi connectivity index (χ0v) is 7.58. The second-order valence-corrected chi connectivity index (χ2v) is 3.49. The van der Waals surface area contributed by atoms with E-state index in [0.29, 0.717) is 0 Å². The molecule has 1 aliphatic rings. The van der Waals surface area contributed by atoms with Crippen molar-refractivity contribution in [3.8, 4) is 0 Å². The molecule has 70 valence electrons. The molecule has 0 saturated heterocycles. The number of hydrogen-bond acceptors (Lipinski definition) is 3. The Hall–Kier alpha value is -0.570. The summed E-state index contributed by atoms with van der Waals surface area (Å²) in [7, 11) is 0. The lowest BCUT2D eigenvalue weighted by atomic mass is 9.98. The predicted octanol–water partition coefficient (Wildman–Crippen LogP) is 1.21. The number of nitrogens with two attached hydrogens (primary N) is 1. The van der Waals surface area contributed by atoms with Crippen molar-refractivity contribution in [3.63, 3.8) is 0 Å². The maximum atomic E-state index is 11.1.